The van der Waals surface area contributed by atoms with E-state index in [0.29, 0.717) is 24.6 Å². The zero-order valence-corrected chi connectivity index (χ0v) is 15.0. The molecule has 0 aromatic heterocycles. The third-order valence-electron chi connectivity index (χ3n) is 5.25. The molecule has 1 aromatic rings. The number of nitrogens with one attached hydrogen (secondary N) is 2. The minimum atomic E-state index is -0.169. The van der Waals surface area contributed by atoms with Crippen LogP contribution in [0.2, 0.25) is 0 Å². The number of hydrogen-bond acceptors (Lipinski definition) is 3. The lowest BCUT2D eigenvalue weighted by molar-refractivity contribution is -0.117. The van der Waals surface area contributed by atoms with Crippen LogP contribution in [0, 0.1) is 5.92 Å². The average molecular weight is 345 g/mol. The van der Waals surface area contributed by atoms with Gasteiger partial charge in [-0.1, -0.05) is 25.8 Å². The summed E-state index contributed by atoms with van der Waals surface area (Å²) in [6, 6.07) is 7.33. The molecule has 1 saturated carbocycles. The van der Waals surface area contributed by atoms with Gasteiger partial charge in [-0.05, 0) is 30.9 Å². The van der Waals surface area contributed by atoms with Crippen LogP contribution in [0.25, 0.3) is 0 Å². The second-order valence-corrected chi connectivity index (χ2v) is 7.09. The van der Waals surface area contributed by atoms with Gasteiger partial charge in [-0.3, -0.25) is 4.79 Å². The Kier molecular flexibility index (Phi) is 5.46. The first-order valence-corrected chi connectivity index (χ1v) is 9.08. The minimum absolute atomic E-state index is 0.0181. The van der Waals surface area contributed by atoms with Gasteiger partial charge in [0.1, 0.15) is 5.75 Å². The lowest BCUT2D eigenvalue weighted by Crippen LogP contribution is -2.49. The molecule has 3 atom stereocenters. The molecule has 1 aromatic carbocycles. The molecule has 2 N–H and O–H groups in total. The quantitative estimate of drug-likeness (QED) is 0.881. The maximum Gasteiger partial charge on any atom is 0.315 e. The standard InChI is InChI=1S/C19H27N3O3/c1-13-6-3-4-9-17(13)21-19(24)20-14-10-18(23)22(12-14)15-7-5-8-16(11-15)25-2/h5,7-8,11,13-14,17H,3-4,6,9-10,12H2,1-2H3,(H2,20,21,24)/t13-,14-,17+/m1/s1. The van der Waals surface area contributed by atoms with E-state index in [1.54, 1.807) is 12.0 Å². The summed E-state index contributed by atoms with van der Waals surface area (Å²) < 4.78 is 5.22. The van der Waals surface area contributed by atoms with Gasteiger partial charge in [0.15, 0.2) is 0 Å². The van der Waals surface area contributed by atoms with Gasteiger partial charge < -0.3 is 20.3 Å². The highest BCUT2D eigenvalue weighted by Crippen LogP contribution is 2.26. The molecule has 2 fully saturated rings. The van der Waals surface area contributed by atoms with Crippen LogP contribution < -0.4 is 20.3 Å². The predicted octanol–water partition coefficient (Wildman–Crippen LogP) is 2.68. The number of carbonyl (C=O) groups excluding carboxylic acids is 2. The van der Waals surface area contributed by atoms with Crippen molar-refractivity contribution in [2.45, 2.75) is 51.1 Å². The number of amides is 3. The van der Waals surface area contributed by atoms with Crippen molar-refractivity contribution in [3.8, 4) is 5.75 Å². The molecule has 0 bridgehead atoms. The highest BCUT2D eigenvalue weighted by atomic mass is 16.5. The van der Waals surface area contributed by atoms with Crippen molar-refractivity contribution < 1.29 is 14.3 Å². The molecule has 6 nitrogen and oxygen atoms in total. The van der Waals surface area contributed by atoms with Crippen molar-refractivity contribution in [3.63, 3.8) is 0 Å². The van der Waals surface area contributed by atoms with E-state index >= 15 is 0 Å². The second-order valence-electron chi connectivity index (χ2n) is 7.09. The topological polar surface area (TPSA) is 70.7 Å². The molecule has 1 heterocycles. The van der Waals surface area contributed by atoms with Crippen LogP contribution in [0.3, 0.4) is 0 Å². The monoisotopic (exact) mass is 345 g/mol. The predicted molar refractivity (Wildman–Crippen MR) is 96.8 cm³/mol. The Morgan fingerprint density at radius 2 is 2.04 bits per heavy atom. The molecule has 1 aliphatic heterocycles. The largest absolute Gasteiger partial charge is 0.497 e. The summed E-state index contributed by atoms with van der Waals surface area (Å²) >= 11 is 0. The average Bonchev–Trinajstić information content (AvgIpc) is 2.97. The summed E-state index contributed by atoms with van der Waals surface area (Å²) in [5.74, 6) is 1.24. The van der Waals surface area contributed by atoms with Gasteiger partial charge in [0.05, 0.1) is 13.2 Å². The Morgan fingerprint density at radius 1 is 1.24 bits per heavy atom. The lowest BCUT2D eigenvalue weighted by Gasteiger charge is -2.30. The van der Waals surface area contributed by atoms with Crippen molar-refractivity contribution in [1.29, 1.82) is 0 Å². The fraction of sp³-hybridized carbons (Fsp3) is 0.579. The summed E-state index contributed by atoms with van der Waals surface area (Å²) in [5.41, 5.74) is 0.801. The molecule has 3 rings (SSSR count). The van der Waals surface area contributed by atoms with Crippen LogP contribution >= 0.6 is 0 Å². The van der Waals surface area contributed by atoms with Gasteiger partial charge in [0, 0.05) is 30.8 Å². The first-order chi connectivity index (χ1) is 12.1. The van der Waals surface area contributed by atoms with Gasteiger partial charge in [-0.15, -0.1) is 0 Å². The Morgan fingerprint density at radius 3 is 2.80 bits per heavy atom. The third kappa shape index (κ3) is 4.24. The molecule has 0 radical (unpaired) electrons. The third-order valence-corrected chi connectivity index (χ3v) is 5.25. The molecule has 1 aliphatic carbocycles. The van der Waals surface area contributed by atoms with E-state index in [0.717, 1.165) is 18.5 Å². The summed E-state index contributed by atoms with van der Waals surface area (Å²) in [5, 5.41) is 6.05. The molecular weight excluding hydrogens is 318 g/mol. The molecule has 1 saturated heterocycles. The van der Waals surface area contributed by atoms with E-state index in [4.69, 9.17) is 4.74 Å². The van der Waals surface area contributed by atoms with Gasteiger partial charge in [-0.25, -0.2) is 4.79 Å². The Hall–Kier alpha value is -2.24. The zero-order chi connectivity index (χ0) is 17.8. The number of ether oxygens (including phenoxy) is 1. The number of nitrogens with zero attached hydrogens (tertiary/aromatic N) is 1. The number of methoxy groups -OCH3 is 1. The number of carbonyl (C=O) groups is 2. The molecule has 2 aliphatic rings. The smallest absolute Gasteiger partial charge is 0.315 e. The van der Waals surface area contributed by atoms with Crippen LogP contribution in [0.5, 0.6) is 5.75 Å². The SMILES string of the molecule is COc1cccc(N2C[C@H](NC(=O)N[C@H]3CCCC[C@H]3C)CC2=O)c1. The summed E-state index contributed by atoms with van der Waals surface area (Å²) in [6.45, 7) is 2.67. The van der Waals surface area contributed by atoms with Gasteiger partial charge in [0.25, 0.3) is 0 Å². The van der Waals surface area contributed by atoms with E-state index in [-0.39, 0.29) is 24.0 Å². The maximum atomic E-state index is 12.3. The normalized spacial score (nSPS) is 26.4. The van der Waals surface area contributed by atoms with Crippen molar-refractivity contribution >= 4 is 17.6 Å². The van der Waals surface area contributed by atoms with Crippen LogP contribution in [0.1, 0.15) is 39.0 Å². The van der Waals surface area contributed by atoms with Crippen LogP contribution in [0.4, 0.5) is 10.5 Å². The zero-order valence-electron chi connectivity index (χ0n) is 15.0. The van der Waals surface area contributed by atoms with E-state index in [1.807, 2.05) is 24.3 Å². The van der Waals surface area contributed by atoms with E-state index < -0.39 is 0 Å². The van der Waals surface area contributed by atoms with Gasteiger partial charge in [-0.2, -0.15) is 0 Å². The van der Waals surface area contributed by atoms with Crippen LogP contribution in [-0.4, -0.2) is 37.7 Å². The minimum Gasteiger partial charge on any atom is -0.497 e. The van der Waals surface area contributed by atoms with Gasteiger partial charge >= 0.3 is 6.03 Å². The number of rotatable bonds is 4. The van der Waals surface area contributed by atoms with Crippen molar-refractivity contribution in [3.05, 3.63) is 24.3 Å². The van der Waals surface area contributed by atoms with Crippen LogP contribution in [0.15, 0.2) is 24.3 Å². The highest BCUT2D eigenvalue weighted by molar-refractivity contribution is 5.97. The van der Waals surface area contributed by atoms with E-state index in [2.05, 4.69) is 17.6 Å². The van der Waals surface area contributed by atoms with Crippen molar-refractivity contribution in [2.24, 2.45) is 5.92 Å². The fourth-order valence-electron chi connectivity index (χ4n) is 3.76. The number of hydrogen-bond donors (Lipinski definition) is 2. The molecule has 6 heteroatoms. The number of urea groups is 1. The first kappa shape index (κ1) is 17.6. The summed E-state index contributed by atoms with van der Waals surface area (Å²) in [6.07, 6.45) is 4.93. The molecule has 0 unspecified atom stereocenters. The summed E-state index contributed by atoms with van der Waals surface area (Å²) in [7, 11) is 1.60. The van der Waals surface area contributed by atoms with E-state index in [1.165, 1.54) is 12.8 Å². The Labute approximate surface area is 148 Å². The summed E-state index contributed by atoms with van der Waals surface area (Å²) in [4.78, 5) is 26.3. The van der Waals surface area contributed by atoms with Crippen LogP contribution in [-0.2, 0) is 4.79 Å². The second kappa shape index (κ2) is 7.76. The first-order valence-electron chi connectivity index (χ1n) is 9.08. The Bertz CT molecular complexity index is 634. The highest BCUT2D eigenvalue weighted by Gasteiger charge is 2.32. The van der Waals surface area contributed by atoms with Crippen molar-refractivity contribution in [1.82, 2.24) is 10.6 Å². The molecular formula is C19H27N3O3. The number of benzene rings is 1. The molecule has 3 amide bonds. The number of anilines is 1. The van der Waals surface area contributed by atoms with Gasteiger partial charge in [0.2, 0.25) is 5.91 Å². The molecule has 0 spiro atoms. The fourth-order valence-corrected chi connectivity index (χ4v) is 3.76. The van der Waals surface area contributed by atoms with E-state index in [9.17, 15) is 9.59 Å². The lowest BCUT2D eigenvalue weighted by atomic mass is 9.86. The van der Waals surface area contributed by atoms with Crippen molar-refractivity contribution in [2.75, 3.05) is 18.6 Å². The Balaban J connectivity index is 1.56. The maximum absolute atomic E-state index is 12.3. The molecule has 25 heavy (non-hydrogen) atoms. The molecule has 136 valence electrons.